The maximum Gasteiger partial charge on any atom is 0.166 e. The minimum absolute atomic E-state index is 0.365. The summed E-state index contributed by atoms with van der Waals surface area (Å²) in [5.74, 6) is 0. The Bertz CT molecular complexity index is 247. The maximum atomic E-state index is 5.82. The minimum atomic E-state index is 0.365. The van der Waals surface area contributed by atoms with Crippen LogP contribution in [0.1, 0.15) is 12.8 Å². The third-order valence-electron chi connectivity index (χ3n) is 1.59. The van der Waals surface area contributed by atoms with E-state index >= 15 is 0 Å². The summed E-state index contributed by atoms with van der Waals surface area (Å²) in [7, 11) is 0. The summed E-state index contributed by atoms with van der Waals surface area (Å²) in [4.78, 5) is 3.86. The van der Waals surface area contributed by atoms with Gasteiger partial charge in [-0.3, -0.25) is 0 Å². The number of nitrogens with zero attached hydrogens (tertiary/aromatic N) is 2. The number of nitrogens with two attached hydrogens (primary N) is 1. The summed E-state index contributed by atoms with van der Waals surface area (Å²) >= 11 is 11.5. The fourth-order valence-corrected chi connectivity index (χ4v) is 1.25. The lowest BCUT2D eigenvalue weighted by Crippen LogP contribution is -2.02. The molecule has 0 amide bonds. The van der Waals surface area contributed by atoms with Gasteiger partial charge in [0.2, 0.25) is 0 Å². The predicted octanol–water partition coefficient (Wildman–Crippen LogP) is 1.93. The van der Waals surface area contributed by atoms with E-state index < -0.39 is 0 Å². The van der Waals surface area contributed by atoms with Crippen LogP contribution in [0.2, 0.25) is 10.3 Å². The first kappa shape index (κ1) is 9.84. The third kappa shape index (κ3) is 2.37. The van der Waals surface area contributed by atoms with Gasteiger partial charge in [-0.25, -0.2) is 4.98 Å². The molecule has 1 aromatic rings. The zero-order chi connectivity index (χ0) is 8.97. The van der Waals surface area contributed by atoms with Gasteiger partial charge in [0.25, 0.3) is 0 Å². The normalized spacial score (nSPS) is 10.6. The van der Waals surface area contributed by atoms with Gasteiger partial charge in [-0.2, -0.15) is 0 Å². The number of aryl methyl sites for hydroxylation is 1. The first-order chi connectivity index (χ1) is 5.75. The lowest BCUT2D eigenvalue weighted by Gasteiger charge is -2.01. The fraction of sp³-hybridized carbons (Fsp3) is 0.571. The zero-order valence-electron chi connectivity index (χ0n) is 6.63. The van der Waals surface area contributed by atoms with Crippen molar-refractivity contribution in [2.24, 2.45) is 5.73 Å². The highest BCUT2D eigenvalue weighted by Crippen LogP contribution is 2.19. The Balaban J connectivity index is 2.46. The van der Waals surface area contributed by atoms with Gasteiger partial charge in [0.05, 0.1) is 6.33 Å². The molecule has 0 aliphatic rings. The molecule has 0 radical (unpaired) electrons. The number of rotatable bonds is 4. The van der Waals surface area contributed by atoms with E-state index in [1.54, 1.807) is 6.33 Å². The molecule has 0 saturated carbocycles. The number of aromatic nitrogens is 2. The van der Waals surface area contributed by atoms with Crippen LogP contribution >= 0.6 is 23.2 Å². The molecule has 0 bridgehead atoms. The Morgan fingerprint density at radius 3 is 2.67 bits per heavy atom. The SMILES string of the molecule is NCCCCn1cnc(Cl)c1Cl. The van der Waals surface area contributed by atoms with Crippen LogP contribution in [0.4, 0.5) is 0 Å². The average Bonchev–Trinajstić information content (AvgIpc) is 2.36. The van der Waals surface area contributed by atoms with Crippen LogP contribution in [0.3, 0.4) is 0 Å². The monoisotopic (exact) mass is 207 g/mol. The zero-order valence-corrected chi connectivity index (χ0v) is 8.15. The second-order valence-electron chi connectivity index (χ2n) is 2.52. The van der Waals surface area contributed by atoms with E-state index in [4.69, 9.17) is 28.9 Å². The van der Waals surface area contributed by atoms with Gasteiger partial charge in [0.1, 0.15) is 5.15 Å². The van der Waals surface area contributed by atoms with E-state index in [1.165, 1.54) is 0 Å². The Hall–Kier alpha value is -0.250. The van der Waals surface area contributed by atoms with Crippen LogP contribution in [0.25, 0.3) is 0 Å². The van der Waals surface area contributed by atoms with Crippen molar-refractivity contribution in [3.63, 3.8) is 0 Å². The molecule has 0 aliphatic carbocycles. The number of hydrogen-bond donors (Lipinski definition) is 1. The van der Waals surface area contributed by atoms with Gasteiger partial charge < -0.3 is 10.3 Å². The highest BCUT2D eigenvalue weighted by molar-refractivity contribution is 6.40. The van der Waals surface area contributed by atoms with Crippen LogP contribution in [0.15, 0.2) is 6.33 Å². The molecule has 0 fully saturated rings. The van der Waals surface area contributed by atoms with Crippen molar-refractivity contribution in [2.75, 3.05) is 6.54 Å². The summed E-state index contributed by atoms with van der Waals surface area (Å²) < 4.78 is 1.82. The molecule has 1 aromatic heterocycles. The van der Waals surface area contributed by atoms with Crippen molar-refractivity contribution in [3.8, 4) is 0 Å². The highest BCUT2D eigenvalue weighted by Gasteiger charge is 2.04. The lowest BCUT2D eigenvalue weighted by molar-refractivity contribution is 0.615. The van der Waals surface area contributed by atoms with Crippen molar-refractivity contribution in [3.05, 3.63) is 16.6 Å². The lowest BCUT2D eigenvalue weighted by atomic mass is 10.3. The van der Waals surface area contributed by atoms with Crippen molar-refractivity contribution in [2.45, 2.75) is 19.4 Å². The summed E-state index contributed by atoms with van der Waals surface area (Å²) in [5, 5.41) is 0.873. The molecule has 0 unspecified atom stereocenters. The third-order valence-corrected chi connectivity index (χ3v) is 2.36. The van der Waals surface area contributed by atoms with Gasteiger partial charge in [-0.1, -0.05) is 23.2 Å². The standard InChI is InChI=1S/C7H11Cl2N3/c8-6-7(9)12(5-11-6)4-2-1-3-10/h5H,1-4,10H2. The Labute approximate surface area is 81.5 Å². The van der Waals surface area contributed by atoms with Crippen molar-refractivity contribution in [1.82, 2.24) is 9.55 Å². The Kier molecular flexibility index (Phi) is 3.85. The molecule has 0 spiro atoms. The number of unbranched alkanes of at least 4 members (excludes halogenated alkanes) is 1. The predicted molar refractivity (Wildman–Crippen MR) is 50.5 cm³/mol. The summed E-state index contributed by atoms with van der Waals surface area (Å²) in [6.45, 7) is 1.54. The van der Waals surface area contributed by atoms with Crippen LogP contribution in [-0.4, -0.2) is 16.1 Å². The molecule has 68 valence electrons. The van der Waals surface area contributed by atoms with E-state index in [1.807, 2.05) is 4.57 Å². The van der Waals surface area contributed by atoms with Crippen LogP contribution < -0.4 is 5.73 Å². The fourth-order valence-electron chi connectivity index (χ4n) is 0.925. The van der Waals surface area contributed by atoms with E-state index in [9.17, 15) is 0 Å². The maximum absolute atomic E-state index is 5.82. The van der Waals surface area contributed by atoms with Crippen molar-refractivity contribution in [1.29, 1.82) is 0 Å². The second-order valence-corrected chi connectivity index (χ2v) is 3.23. The van der Waals surface area contributed by atoms with E-state index in [-0.39, 0.29) is 0 Å². The second kappa shape index (κ2) is 4.70. The number of imidazole rings is 1. The van der Waals surface area contributed by atoms with Crippen molar-refractivity contribution < 1.29 is 0 Å². The van der Waals surface area contributed by atoms with Crippen LogP contribution in [-0.2, 0) is 6.54 Å². The van der Waals surface area contributed by atoms with Gasteiger partial charge in [0, 0.05) is 6.54 Å². The molecule has 0 aliphatic heterocycles. The molecule has 0 aromatic carbocycles. The Morgan fingerprint density at radius 1 is 1.42 bits per heavy atom. The van der Waals surface area contributed by atoms with Crippen LogP contribution in [0, 0.1) is 0 Å². The van der Waals surface area contributed by atoms with Crippen LogP contribution in [0.5, 0.6) is 0 Å². The minimum Gasteiger partial charge on any atom is -0.330 e. The molecule has 5 heteroatoms. The molecule has 1 heterocycles. The summed E-state index contributed by atoms with van der Waals surface area (Å²) in [6, 6.07) is 0. The van der Waals surface area contributed by atoms with E-state index in [0.29, 0.717) is 16.9 Å². The number of halogens is 2. The first-order valence-electron chi connectivity index (χ1n) is 3.82. The first-order valence-corrected chi connectivity index (χ1v) is 4.57. The molecule has 1 rings (SSSR count). The molecule has 3 nitrogen and oxygen atoms in total. The smallest absolute Gasteiger partial charge is 0.166 e. The molecular weight excluding hydrogens is 197 g/mol. The van der Waals surface area contributed by atoms with Gasteiger partial charge in [-0.15, -0.1) is 0 Å². The highest BCUT2D eigenvalue weighted by atomic mass is 35.5. The van der Waals surface area contributed by atoms with Crippen molar-refractivity contribution >= 4 is 23.2 Å². The van der Waals surface area contributed by atoms with E-state index in [0.717, 1.165) is 19.4 Å². The van der Waals surface area contributed by atoms with Gasteiger partial charge in [0.15, 0.2) is 5.15 Å². The average molecular weight is 208 g/mol. The molecular formula is C7H11Cl2N3. The molecule has 0 saturated heterocycles. The summed E-state index contributed by atoms with van der Waals surface area (Å²) in [5.41, 5.74) is 5.35. The topological polar surface area (TPSA) is 43.8 Å². The molecule has 0 atom stereocenters. The summed E-state index contributed by atoms with van der Waals surface area (Å²) in [6.07, 6.45) is 3.64. The van der Waals surface area contributed by atoms with Gasteiger partial charge >= 0.3 is 0 Å². The quantitative estimate of drug-likeness (QED) is 0.768. The molecule has 12 heavy (non-hydrogen) atoms. The van der Waals surface area contributed by atoms with E-state index in [2.05, 4.69) is 4.98 Å². The largest absolute Gasteiger partial charge is 0.330 e. The Morgan fingerprint density at radius 2 is 2.17 bits per heavy atom. The molecule has 2 N–H and O–H groups in total. The van der Waals surface area contributed by atoms with Gasteiger partial charge in [-0.05, 0) is 19.4 Å². The number of hydrogen-bond acceptors (Lipinski definition) is 2.